The van der Waals surface area contributed by atoms with E-state index in [2.05, 4.69) is 51.0 Å². The number of cyclic esters (lactones) is 2. The van der Waals surface area contributed by atoms with Crippen LogP contribution in [0.1, 0.15) is 658 Å². The summed E-state index contributed by atoms with van der Waals surface area (Å²) in [6.07, 6.45) is 117. The predicted octanol–water partition coefficient (Wildman–Crippen LogP) is 36.6. The van der Waals surface area contributed by atoms with Gasteiger partial charge in [-0.25, -0.2) is 9.59 Å². The van der Waals surface area contributed by atoms with Crippen LogP contribution in [0.5, 0.6) is 0 Å². The molecule has 824 valence electrons. The topological polar surface area (TPSA) is 262 Å². The summed E-state index contributed by atoms with van der Waals surface area (Å²) in [6, 6.07) is 0. The van der Waals surface area contributed by atoms with Crippen molar-refractivity contribution in [3.63, 3.8) is 0 Å². The standard InChI is InChI=1S/C59H112O7.C40H78O5.C18H36O2.C4H6O4/c1-4-7-10-13-16-19-22-25-28-31-34-37-40-43-46-49-56(60)59(63)66-54-55(52-64-57(61)50-47-44-41-38-35-32-29-26-23-20-17-14-11-8-5-2)53-65-58(62)51-48-45-42-39-36-33-30-27-24-21-18-15-12-9-6-3;1-3-5-7-9-11-13-15-17-19-21-23-25-27-29-31-33-39(42)44-36-38(35-41)37-45-40(43)34-32-30-28-26-24-22-20-18-16-14-12-10-8-6-4-2;1-2-3-4-5-6-7-8-9-10-11-12-13-14-15-16-17-18(19)20;5-1-3-2-7-4(6)8-3/h55H,4-54H2,1-3H3;38,41H,3-37H2,1-2H3;2-17H2,1H3,(H,19,20);3,5H,1-2H2. The number of aliphatic hydroxyl groups is 2. The van der Waals surface area contributed by atoms with Crippen molar-refractivity contribution in [2.75, 3.05) is 52.9 Å². The number of carbonyl (C=O) groups is 8. The van der Waals surface area contributed by atoms with E-state index in [4.69, 9.17) is 33.9 Å². The molecule has 18 nitrogen and oxygen atoms in total. The predicted molar refractivity (Wildman–Crippen MR) is 582 cm³/mol. The Morgan fingerprint density at radius 2 is 0.403 bits per heavy atom. The van der Waals surface area contributed by atoms with Crippen LogP contribution >= 0.6 is 0 Å². The van der Waals surface area contributed by atoms with E-state index in [0.29, 0.717) is 38.5 Å². The van der Waals surface area contributed by atoms with Crippen molar-refractivity contribution in [2.45, 2.75) is 664 Å². The Labute approximate surface area is 858 Å². The number of Topliss-reactive ketones (excluding diaryl/α,β-unsaturated/α-hetero) is 1. The van der Waals surface area contributed by atoms with Gasteiger partial charge in [0, 0.05) is 38.5 Å². The van der Waals surface area contributed by atoms with Crippen LogP contribution in [0.4, 0.5) is 4.79 Å². The van der Waals surface area contributed by atoms with E-state index in [9.17, 15) is 43.5 Å². The smallest absolute Gasteiger partial charge is 0.481 e. The fourth-order valence-corrected chi connectivity index (χ4v) is 18.1. The molecule has 3 N–H and O–H groups in total. The second-order valence-electron chi connectivity index (χ2n) is 41.7. The minimum absolute atomic E-state index is 0.00959. The van der Waals surface area contributed by atoms with E-state index in [1.54, 1.807) is 0 Å². The van der Waals surface area contributed by atoms with Crippen LogP contribution in [0.25, 0.3) is 0 Å². The van der Waals surface area contributed by atoms with Gasteiger partial charge in [0.25, 0.3) is 0 Å². The van der Waals surface area contributed by atoms with Gasteiger partial charge >= 0.3 is 42.0 Å². The quantitative estimate of drug-likeness (QED) is 0.0221. The maximum absolute atomic E-state index is 12.7. The molecule has 18 heteroatoms. The first-order chi connectivity index (χ1) is 68.2. The first-order valence-corrected chi connectivity index (χ1v) is 60.8. The number of hydrogen-bond acceptors (Lipinski definition) is 17. The maximum Gasteiger partial charge on any atom is 0.508 e. The first-order valence-electron chi connectivity index (χ1n) is 60.8. The molecule has 0 aromatic heterocycles. The lowest BCUT2D eigenvalue weighted by Gasteiger charge is -2.17. The number of aliphatic carboxylic acids is 1. The van der Waals surface area contributed by atoms with Crippen LogP contribution in [0.2, 0.25) is 0 Å². The number of carboxylic acids is 1. The fourth-order valence-electron chi connectivity index (χ4n) is 18.1. The lowest BCUT2D eigenvalue weighted by molar-refractivity contribution is -0.159. The molecule has 0 radical (unpaired) electrons. The monoisotopic (exact) mass is 1970 g/mol. The molecule has 0 aromatic rings. The largest absolute Gasteiger partial charge is 0.508 e. The number of rotatable bonds is 109. The van der Waals surface area contributed by atoms with Gasteiger partial charge in [-0.05, 0) is 38.5 Å². The van der Waals surface area contributed by atoms with Gasteiger partial charge in [-0.3, -0.25) is 28.8 Å². The molecule has 1 unspecified atom stereocenters. The summed E-state index contributed by atoms with van der Waals surface area (Å²) in [5.41, 5.74) is 0. The number of ketones is 1. The number of unbranched alkanes of at least 4 members (excludes halogenated alkanes) is 84. The summed E-state index contributed by atoms with van der Waals surface area (Å²) in [5, 5.41) is 26.4. The third-order valence-electron chi connectivity index (χ3n) is 27.6. The van der Waals surface area contributed by atoms with Gasteiger partial charge in [0.15, 0.2) is 6.10 Å². The Hall–Kier alpha value is -4.32. The lowest BCUT2D eigenvalue weighted by Crippen LogP contribution is -2.28. The molecule has 0 amide bonds. The van der Waals surface area contributed by atoms with Crippen molar-refractivity contribution in [3.05, 3.63) is 0 Å². The number of carbonyl (C=O) groups excluding carboxylic acids is 7. The average Bonchev–Trinajstić information content (AvgIpc) is 1.05. The molecule has 1 heterocycles. The number of carboxylic acid groups (broad SMARTS) is 1. The third kappa shape index (κ3) is 119. The zero-order chi connectivity index (χ0) is 102. The zero-order valence-electron chi connectivity index (χ0n) is 92.7. The first kappa shape index (κ1) is 139. The van der Waals surface area contributed by atoms with Gasteiger partial charge in [-0.2, -0.15) is 0 Å². The average molecular weight is 1980 g/mol. The van der Waals surface area contributed by atoms with E-state index in [0.717, 1.165) is 89.9 Å². The summed E-state index contributed by atoms with van der Waals surface area (Å²) in [5.74, 6) is -3.87. The molecule has 139 heavy (non-hydrogen) atoms. The highest BCUT2D eigenvalue weighted by atomic mass is 16.8. The molecular formula is C121H232O18. The number of esters is 5. The highest BCUT2D eigenvalue weighted by Crippen LogP contribution is 2.24. The van der Waals surface area contributed by atoms with Crippen LogP contribution < -0.4 is 0 Å². The Balaban J connectivity index is -0.00000215. The Kier molecular flexibility index (Phi) is 120. The summed E-state index contributed by atoms with van der Waals surface area (Å²) in [4.78, 5) is 95.2. The Morgan fingerprint density at radius 3 is 0.561 bits per heavy atom. The molecule has 0 aromatic carbocycles. The Bertz CT molecular complexity index is 2430. The Morgan fingerprint density at radius 1 is 0.237 bits per heavy atom. The van der Waals surface area contributed by atoms with Crippen molar-refractivity contribution in [2.24, 2.45) is 11.8 Å². The lowest BCUT2D eigenvalue weighted by atomic mass is 10.0. The van der Waals surface area contributed by atoms with Gasteiger partial charge in [0.2, 0.25) is 5.78 Å². The van der Waals surface area contributed by atoms with E-state index in [1.165, 1.54) is 482 Å². The third-order valence-corrected chi connectivity index (χ3v) is 27.6. The zero-order valence-corrected chi connectivity index (χ0v) is 92.7. The molecule has 1 aliphatic rings. The van der Waals surface area contributed by atoms with Crippen molar-refractivity contribution in [1.29, 1.82) is 0 Å². The molecule has 1 fully saturated rings. The molecule has 0 spiro atoms. The summed E-state index contributed by atoms with van der Waals surface area (Å²) < 4.78 is 36.0. The van der Waals surface area contributed by atoms with Gasteiger partial charge in [0.1, 0.15) is 26.4 Å². The van der Waals surface area contributed by atoms with Crippen LogP contribution in [0.3, 0.4) is 0 Å². The van der Waals surface area contributed by atoms with Crippen LogP contribution in [-0.4, -0.2) is 122 Å². The van der Waals surface area contributed by atoms with Gasteiger partial charge in [-0.15, -0.1) is 0 Å². The molecule has 1 aliphatic heterocycles. The van der Waals surface area contributed by atoms with Crippen LogP contribution in [0, 0.1) is 11.8 Å². The van der Waals surface area contributed by atoms with Crippen molar-refractivity contribution < 1.29 is 86.8 Å². The molecule has 0 aliphatic carbocycles. The normalized spacial score (nSPS) is 12.2. The fraction of sp³-hybridized carbons (Fsp3) is 0.934. The van der Waals surface area contributed by atoms with Crippen molar-refractivity contribution >= 4 is 47.8 Å². The molecule has 0 bridgehead atoms. The van der Waals surface area contributed by atoms with E-state index in [1.807, 2.05) is 0 Å². The summed E-state index contributed by atoms with van der Waals surface area (Å²) in [7, 11) is 0. The molecule has 1 rings (SSSR count). The second-order valence-corrected chi connectivity index (χ2v) is 41.7. The van der Waals surface area contributed by atoms with Crippen molar-refractivity contribution in [3.8, 4) is 0 Å². The maximum atomic E-state index is 12.7. The second kappa shape index (κ2) is 121. The van der Waals surface area contributed by atoms with Crippen LogP contribution in [0.15, 0.2) is 0 Å². The summed E-state index contributed by atoms with van der Waals surface area (Å²) >= 11 is 0. The van der Waals surface area contributed by atoms with E-state index >= 15 is 0 Å². The van der Waals surface area contributed by atoms with E-state index < -0.39 is 35.9 Å². The molecule has 0 saturated carbocycles. The SMILES string of the molecule is CCCCCCCCCCCCCCCCCC(=O)O.CCCCCCCCCCCCCCCCCC(=O)OCC(CO)COC(=O)CCCCCCCCCCCCCCCCC.CCCCCCCCCCCCCCCCCC(=O)OCC(COC(=O)CCCCCCCCCCCCCCCCC)COC(=O)C(=O)CCCCCCCCCCCCCCCCC.O=C1OCC(CO)O1. The molecule has 1 saturated heterocycles. The highest BCUT2D eigenvalue weighted by molar-refractivity contribution is 6.33. The number of hydrogen-bond donors (Lipinski definition) is 3. The molecular weight excluding hydrogens is 1740 g/mol. The summed E-state index contributed by atoms with van der Waals surface area (Å²) in [6.45, 7) is 13.6. The molecule has 1 atom stereocenters. The van der Waals surface area contributed by atoms with Gasteiger partial charge in [-0.1, -0.05) is 581 Å². The minimum Gasteiger partial charge on any atom is -0.481 e. The van der Waals surface area contributed by atoms with Gasteiger partial charge < -0.3 is 48.5 Å². The number of aliphatic hydroxyl groups excluding tert-OH is 2. The van der Waals surface area contributed by atoms with Gasteiger partial charge in [0.05, 0.1) is 38.3 Å². The highest BCUT2D eigenvalue weighted by Gasteiger charge is 2.25. The number of ether oxygens (including phenoxy) is 7. The minimum atomic E-state index is -0.848. The van der Waals surface area contributed by atoms with Crippen molar-refractivity contribution in [1.82, 2.24) is 0 Å². The van der Waals surface area contributed by atoms with Crippen LogP contribution in [-0.2, 0) is 66.7 Å². The van der Waals surface area contributed by atoms with E-state index in [-0.39, 0.29) is 89.1 Å².